The van der Waals surface area contributed by atoms with Crippen molar-refractivity contribution in [2.45, 2.75) is 52.4 Å². The number of hydrogen-bond donors (Lipinski definition) is 0. The summed E-state index contributed by atoms with van der Waals surface area (Å²) in [6.07, 6.45) is 0.942. The highest BCUT2D eigenvalue weighted by Crippen LogP contribution is 2.07. The van der Waals surface area contributed by atoms with Gasteiger partial charge in [0.05, 0.1) is 18.6 Å². The zero-order valence-electron chi connectivity index (χ0n) is 13.5. The van der Waals surface area contributed by atoms with Gasteiger partial charge in [-0.2, -0.15) is 0 Å². The number of esters is 2. The van der Waals surface area contributed by atoms with Crippen molar-refractivity contribution in [1.29, 1.82) is 0 Å². The minimum absolute atomic E-state index is 0.132. The summed E-state index contributed by atoms with van der Waals surface area (Å²) in [6, 6.07) is 8.46. The van der Waals surface area contributed by atoms with Crippen molar-refractivity contribution in [2.24, 2.45) is 4.99 Å². The summed E-state index contributed by atoms with van der Waals surface area (Å²) in [6.45, 7) is 7.02. The van der Waals surface area contributed by atoms with Gasteiger partial charge in [0.25, 0.3) is 0 Å². The molecule has 1 aromatic carbocycles. The standard InChI is InChI=1S/C17H23NO4/c1-12(2)21-16(19)10-15(17(20)22-13(3)4)18-11-14-8-6-5-7-9-14/h5-9,11-13,15H,10H2,1-4H3/t15-/m0/s1. The van der Waals surface area contributed by atoms with Gasteiger partial charge in [-0.15, -0.1) is 0 Å². The van der Waals surface area contributed by atoms with Gasteiger partial charge < -0.3 is 9.47 Å². The van der Waals surface area contributed by atoms with Gasteiger partial charge in [0, 0.05) is 6.21 Å². The van der Waals surface area contributed by atoms with Crippen molar-refractivity contribution < 1.29 is 19.1 Å². The van der Waals surface area contributed by atoms with Gasteiger partial charge in [-0.3, -0.25) is 9.79 Å². The average molecular weight is 305 g/mol. The molecule has 0 bridgehead atoms. The Kier molecular flexibility index (Phi) is 7.29. The maximum Gasteiger partial charge on any atom is 0.331 e. The van der Waals surface area contributed by atoms with Crippen LogP contribution in [0.2, 0.25) is 0 Å². The van der Waals surface area contributed by atoms with E-state index < -0.39 is 18.0 Å². The minimum atomic E-state index is -0.895. The summed E-state index contributed by atoms with van der Waals surface area (Å²) in [5.74, 6) is -0.992. The van der Waals surface area contributed by atoms with Crippen LogP contribution >= 0.6 is 0 Å². The van der Waals surface area contributed by atoms with Crippen LogP contribution < -0.4 is 0 Å². The Hall–Kier alpha value is -2.17. The molecule has 22 heavy (non-hydrogen) atoms. The van der Waals surface area contributed by atoms with Crippen LogP contribution in [0.5, 0.6) is 0 Å². The smallest absolute Gasteiger partial charge is 0.331 e. The third-order valence-electron chi connectivity index (χ3n) is 2.55. The normalized spacial score (nSPS) is 12.6. The van der Waals surface area contributed by atoms with Crippen LogP contribution in [0.4, 0.5) is 0 Å². The maximum absolute atomic E-state index is 12.1. The molecule has 0 aliphatic heterocycles. The van der Waals surface area contributed by atoms with Crippen LogP contribution in [0.1, 0.15) is 39.7 Å². The Morgan fingerprint density at radius 3 is 2.18 bits per heavy atom. The predicted molar refractivity (Wildman–Crippen MR) is 84.9 cm³/mol. The van der Waals surface area contributed by atoms with Gasteiger partial charge in [0.15, 0.2) is 6.04 Å². The molecule has 0 saturated carbocycles. The summed E-state index contributed by atoms with van der Waals surface area (Å²) in [4.78, 5) is 28.0. The molecule has 0 N–H and O–H groups in total. The van der Waals surface area contributed by atoms with Gasteiger partial charge in [-0.25, -0.2) is 4.79 Å². The molecule has 0 amide bonds. The van der Waals surface area contributed by atoms with E-state index >= 15 is 0 Å². The van der Waals surface area contributed by atoms with E-state index in [4.69, 9.17) is 9.47 Å². The molecule has 0 aliphatic carbocycles. The number of carbonyl (C=O) groups excluding carboxylic acids is 2. The van der Waals surface area contributed by atoms with Crippen molar-refractivity contribution in [3.05, 3.63) is 35.9 Å². The van der Waals surface area contributed by atoms with Gasteiger partial charge >= 0.3 is 11.9 Å². The van der Waals surface area contributed by atoms with Crippen molar-refractivity contribution in [2.75, 3.05) is 0 Å². The van der Waals surface area contributed by atoms with Crippen molar-refractivity contribution in [3.8, 4) is 0 Å². The van der Waals surface area contributed by atoms with Crippen LogP contribution in [-0.4, -0.2) is 36.4 Å². The molecule has 0 aliphatic rings. The number of nitrogens with zero attached hydrogens (tertiary/aromatic N) is 1. The molecule has 1 atom stereocenters. The van der Waals surface area contributed by atoms with Gasteiger partial charge in [-0.05, 0) is 33.3 Å². The third-order valence-corrected chi connectivity index (χ3v) is 2.55. The Morgan fingerprint density at radius 2 is 1.64 bits per heavy atom. The molecule has 120 valence electrons. The zero-order valence-corrected chi connectivity index (χ0v) is 13.5. The highest BCUT2D eigenvalue weighted by molar-refractivity contribution is 5.87. The lowest BCUT2D eigenvalue weighted by atomic mass is 10.2. The van der Waals surface area contributed by atoms with E-state index in [9.17, 15) is 9.59 Å². The second-order valence-electron chi connectivity index (χ2n) is 5.43. The van der Waals surface area contributed by atoms with E-state index in [0.29, 0.717) is 0 Å². The molecule has 5 nitrogen and oxygen atoms in total. The Bertz CT molecular complexity index is 509. The predicted octanol–water partition coefficient (Wildman–Crippen LogP) is 2.77. The van der Waals surface area contributed by atoms with Gasteiger partial charge in [0.1, 0.15) is 0 Å². The summed E-state index contributed by atoms with van der Waals surface area (Å²) >= 11 is 0. The highest BCUT2D eigenvalue weighted by atomic mass is 16.5. The van der Waals surface area contributed by atoms with Crippen LogP contribution in [0, 0.1) is 0 Å². The SMILES string of the molecule is CC(C)OC(=O)C[C@H](N=Cc1ccccc1)C(=O)OC(C)C. The quantitative estimate of drug-likeness (QED) is 0.574. The fourth-order valence-corrected chi connectivity index (χ4v) is 1.69. The molecule has 0 heterocycles. The highest BCUT2D eigenvalue weighted by Gasteiger charge is 2.24. The lowest BCUT2D eigenvalue weighted by Crippen LogP contribution is -2.28. The van der Waals surface area contributed by atoms with Crippen LogP contribution in [0.25, 0.3) is 0 Å². The molecule has 0 aromatic heterocycles. The van der Waals surface area contributed by atoms with Gasteiger partial charge in [-0.1, -0.05) is 30.3 Å². The first-order valence-electron chi connectivity index (χ1n) is 7.36. The molecular weight excluding hydrogens is 282 g/mol. The van der Waals surface area contributed by atoms with E-state index in [1.165, 1.54) is 0 Å². The monoisotopic (exact) mass is 305 g/mol. The van der Waals surface area contributed by atoms with E-state index in [1.807, 2.05) is 30.3 Å². The fraction of sp³-hybridized carbons (Fsp3) is 0.471. The molecule has 0 saturated heterocycles. The zero-order chi connectivity index (χ0) is 16.5. The molecule has 1 rings (SSSR count). The Balaban J connectivity index is 2.79. The van der Waals surface area contributed by atoms with Crippen molar-refractivity contribution in [3.63, 3.8) is 0 Å². The van der Waals surface area contributed by atoms with E-state index in [1.54, 1.807) is 33.9 Å². The first kappa shape index (κ1) is 17.9. The average Bonchev–Trinajstić information content (AvgIpc) is 2.42. The Labute approximate surface area is 131 Å². The number of rotatable bonds is 7. The third kappa shape index (κ3) is 7.02. The largest absolute Gasteiger partial charge is 0.463 e. The minimum Gasteiger partial charge on any atom is -0.463 e. The molecule has 5 heteroatoms. The molecule has 0 radical (unpaired) electrons. The van der Waals surface area contributed by atoms with Crippen molar-refractivity contribution in [1.82, 2.24) is 0 Å². The molecule has 1 aromatic rings. The summed E-state index contributed by atoms with van der Waals surface area (Å²) in [5, 5.41) is 0. The van der Waals surface area contributed by atoms with E-state index in [0.717, 1.165) is 5.56 Å². The summed E-state index contributed by atoms with van der Waals surface area (Å²) < 4.78 is 10.2. The van der Waals surface area contributed by atoms with Gasteiger partial charge in [0.2, 0.25) is 0 Å². The topological polar surface area (TPSA) is 65.0 Å². The molecule has 0 unspecified atom stereocenters. The van der Waals surface area contributed by atoms with Crippen LogP contribution in [-0.2, 0) is 19.1 Å². The van der Waals surface area contributed by atoms with E-state index in [2.05, 4.69) is 4.99 Å². The van der Waals surface area contributed by atoms with E-state index in [-0.39, 0.29) is 18.6 Å². The molecule has 0 spiro atoms. The number of hydrogen-bond acceptors (Lipinski definition) is 5. The number of ether oxygens (including phenoxy) is 2. The Morgan fingerprint density at radius 1 is 1.05 bits per heavy atom. The summed E-state index contributed by atoms with van der Waals surface area (Å²) in [7, 11) is 0. The first-order chi connectivity index (χ1) is 10.4. The van der Waals surface area contributed by atoms with Crippen LogP contribution in [0.15, 0.2) is 35.3 Å². The second kappa shape index (κ2) is 8.97. The number of benzene rings is 1. The first-order valence-corrected chi connectivity index (χ1v) is 7.36. The van der Waals surface area contributed by atoms with Crippen molar-refractivity contribution >= 4 is 18.2 Å². The number of aliphatic imine (C=N–C) groups is 1. The molecular formula is C17H23NO4. The lowest BCUT2D eigenvalue weighted by Gasteiger charge is -2.15. The second-order valence-corrected chi connectivity index (χ2v) is 5.43. The molecule has 0 fully saturated rings. The summed E-state index contributed by atoms with van der Waals surface area (Å²) in [5.41, 5.74) is 0.849. The maximum atomic E-state index is 12.1. The van der Waals surface area contributed by atoms with Crippen LogP contribution in [0.3, 0.4) is 0 Å². The lowest BCUT2D eigenvalue weighted by molar-refractivity contribution is -0.155. The fourth-order valence-electron chi connectivity index (χ4n) is 1.69. The number of carbonyl (C=O) groups is 2.